The Labute approximate surface area is 171 Å². The van der Waals surface area contributed by atoms with Crippen LogP contribution in [0.3, 0.4) is 0 Å². The minimum atomic E-state index is -3.69. The third kappa shape index (κ3) is 4.23. The second kappa shape index (κ2) is 8.04. The number of benzene rings is 2. The zero-order chi connectivity index (χ0) is 21.3. The molecule has 0 radical (unpaired) electrons. The highest BCUT2D eigenvalue weighted by atomic mass is 32.2. The van der Waals surface area contributed by atoms with E-state index >= 15 is 0 Å². The van der Waals surface area contributed by atoms with Crippen LogP contribution in [0.5, 0.6) is 11.5 Å². The number of hydrogen-bond acceptors (Lipinski definition) is 5. The molecule has 1 aliphatic rings. The van der Waals surface area contributed by atoms with Crippen molar-refractivity contribution in [1.82, 2.24) is 4.72 Å². The number of hydrogen-bond donors (Lipinski definition) is 2. The number of carbonyl (C=O) groups is 1. The number of sulfonamides is 1. The molecule has 7 nitrogen and oxygen atoms in total. The van der Waals surface area contributed by atoms with E-state index in [0.29, 0.717) is 29.2 Å². The van der Waals surface area contributed by atoms with Gasteiger partial charge in [0.05, 0.1) is 17.2 Å². The summed E-state index contributed by atoms with van der Waals surface area (Å²) in [5.41, 5.74) is 3.08. The predicted molar refractivity (Wildman–Crippen MR) is 112 cm³/mol. The van der Waals surface area contributed by atoms with Gasteiger partial charge in [-0.1, -0.05) is 0 Å². The van der Waals surface area contributed by atoms with Crippen molar-refractivity contribution in [2.24, 2.45) is 0 Å². The van der Waals surface area contributed by atoms with Crippen LogP contribution in [0.15, 0.2) is 29.2 Å². The molecule has 3 rings (SSSR count). The zero-order valence-electron chi connectivity index (χ0n) is 17.3. The highest BCUT2D eigenvalue weighted by molar-refractivity contribution is 7.89. The fraction of sp³-hybridized carbons (Fsp3) is 0.381. The van der Waals surface area contributed by atoms with Gasteiger partial charge in [-0.2, -0.15) is 0 Å². The molecular weight excluding hydrogens is 392 g/mol. The fourth-order valence-electron chi connectivity index (χ4n) is 3.35. The number of amides is 1. The minimum Gasteiger partial charge on any atom is -0.492 e. The average Bonchev–Trinajstić information content (AvgIpc) is 3.02. The van der Waals surface area contributed by atoms with Crippen LogP contribution >= 0.6 is 0 Å². The lowest BCUT2D eigenvalue weighted by atomic mass is 10.1. The largest absolute Gasteiger partial charge is 0.492 e. The SMILES string of the molecule is CCOc1cc2c(cc1NC(=O)c1cc(C)c(C)c(S(=O)(=O)NC)c1)O[C@@H](C)C2. The van der Waals surface area contributed by atoms with Gasteiger partial charge in [0, 0.05) is 23.6 Å². The average molecular weight is 419 g/mol. The van der Waals surface area contributed by atoms with Gasteiger partial charge in [-0.05, 0) is 64.1 Å². The molecule has 2 N–H and O–H groups in total. The standard InChI is InChI=1S/C21H26N2O5S/c1-6-27-19-9-15-8-13(3)28-18(15)11-17(19)23-21(24)16-7-12(2)14(4)20(10-16)29(25,26)22-5/h7,9-11,13,22H,6,8H2,1-5H3,(H,23,24)/t13-/m0/s1. The molecule has 8 heteroatoms. The van der Waals surface area contributed by atoms with Crippen LogP contribution in [0.1, 0.15) is 40.9 Å². The Hall–Kier alpha value is -2.58. The summed E-state index contributed by atoms with van der Waals surface area (Å²) in [6, 6.07) is 6.70. The first-order valence-electron chi connectivity index (χ1n) is 9.48. The molecule has 0 unspecified atom stereocenters. The van der Waals surface area contributed by atoms with Crippen LogP contribution < -0.4 is 19.5 Å². The van der Waals surface area contributed by atoms with E-state index in [2.05, 4.69) is 10.0 Å². The number of anilines is 1. The van der Waals surface area contributed by atoms with E-state index in [1.807, 2.05) is 19.9 Å². The molecule has 0 aliphatic carbocycles. The Morgan fingerprint density at radius 2 is 1.97 bits per heavy atom. The topological polar surface area (TPSA) is 93.7 Å². The van der Waals surface area contributed by atoms with E-state index in [-0.39, 0.29) is 16.6 Å². The fourth-order valence-corrected chi connectivity index (χ4v) is 4.42. The van der Waals surface area contributed by atoms with Crippen molar-refractivity contribution in [3.63, 3.8) is 0 Å². The maximum absolute atomic E-state index is 12.9. The van der Waals surface area contributed by atoms with E-state index < -0.39 is 15.9 Å². The van der Waals surface area contributed by atoms with E-state index in [0.717, 1.165) is 17.7 Å². The van der Waals surface area contributed by atoms with Crippen molar-refractivity contribution in [2.75, 3.05) is 19.0 Å². The van der Waals surface area contributed by atoms with Gasteiger partial charge in [0.15, 0.2) is 0 Å². The summed E-state index contributed by atoms with van der Waals surface area (Å²) in [4.78, 5) is 13.0. The van der Waals surface area contributed by atoms with Gasteiger partial charge in [0.2, 0.25) is 10.0 Å². The number of rotatable bonds is 6. The van der Waals surface area contributed by atoms with E-state index in [9.17, 15) is 13.2 Å². The lowest BCUT2D eigenvalue weighted by Gasteiger charge is -2.15. The van der Waals surface area contributed by atoms with Gasteiger partial charge in [-0.3, -0.25) is 4.79 Å². The van der Waals surface area contributed by atoms with Crippen LogP contribution in [0.25, 0.3) is 0 Å². The number of carbonyl (C=O) groups excluding carboxylic acids is 1. The van der Waals surface area contributed by atoms with E-state index in [1.165, 1.54) is 13.1 Å². The highest BCUT2D eigenvalue weighted by Crippen LogP contribution is 2.38. The zero-order valence-corrected chi connectivity index (χ0v) is 18.1. The summed E-state index contributed by atoms with van der Waals surface area (Å²) in [7, 11) is -2.34. The normalized spacial score (nSPS) is 15.6. The van der Waals surface area contributed by atoms with Crippen molar-refractivity contribution in [3.8, 4) is 11.5 Å². The molecule has 0 aromatic heterocycles. The molecule has 0 spiro atoms. The quantitative estimate of drug-likeness (QED) is 0.751. The van der Waals surface area contributed by atoms with Crippen LogP contribution in [-0.2, 0) is 16.4 Å². The molecule has 2 aromatic rings. The Morgan fingerprint density at radius 3 is 2.62 bits per heavy atom. The van der Waals surface area contributed by atoms with Crippen LogP contribution in [0.4, 0.5) is 5.69 Å². The van der Waals surface area contributed by atoms with Gasteiger partial charge in [-0.25, -0.2) is 13.1 Å². The van der Waals surface area contributed by atoms with Crippen molar-refractivity contribution < 1.29 is 22.7 Å². The number of ether oxygens (including phenoxy) is 2. The smallest absolute Gasteiger partial charge is 0.255 e. The molecule has 0 saturated heterocycles. The van der Waals surface area contributed by atoms with Gasteiger partial charge in [0.1, 0.15) is 17.6 Å². The molecule has 0 saturated carbocycles. The second-order valence-corrected chi connectivity index (χ2v) is 8.95. The Morgan fingerprint density at radius 1 is 1.24 bits per heavy atom. The molecule has 2 aromatic carbocycles. The van der Waals surface area contributed by atoms with Gasteiger partial charge < -0.3 is 14.8 Å². The third-order valence-electron chi connectivity index (χ3n) is 4.99. The van der Waals surface area contributed by atoms with Crippen LogP contribution in [0.2, 0.25) is 0 Å². The molecule has 1 atom stereocenters. The highest BCUT2D eigenvalue weighted by Gasteiger charge is 2.24. The first-order valence-corrected chi connectivity index (χ1v) is 11.0. The van der Waals surface area contributed by atoms with Crippen molar-refractivity contribution >= 4 is 21.6 Å². The molecule has 0 fully saturated rings. The molecule has 29 heavy (non-hydrogen) atoms. The summed E-state index contributed by atoms with van der Waals surface area (Å²) < 4.78 is 38.4. The maximum Gasteiger partial charge on any atom is 0.255 e. The van der Waals surface area contributed by atoms with Crippen LogP contribution in [0, 0.1) is 13.8 Å². The molecule has 1 heterocycles. The Balaban J connectivity index is 1.98. The van der Waals surface area contributed by atoms with E-state index in [1.54, 1.807) is 26.0 Å². The first-order chi connectivity index (χ1) is 13.7. The Kier molecular flexibility index (Phi) is 5.86. The maximum atomic E-state index is 12.9. The van der Waals surface area contributed by atoms with Crippen molar-refractivity contribution in [2.45, 2.75) is 45.1 Å². The molecule has 156 valence electrons. The van der Waals surface area contributed by atoms with Gasteiger partial charge in [0.25, 0.3) is 5.91 Å². The van der Waals surface area contributed by atoms with Gasteiger partial charge >= 0.3 is 0 Å². The van der Waals surface area contributed by atoms with Crippen molar-refractivity contribution in [1.29, 1.82) is 0 Å². The monoisotopic (exact) mass is 418 g/mol. The Bertz CT molecular complexity index is 1060. The summed E-state index contributed by atoms with van der Waals surface area (Å²) in [6.07, 6.45) is 0.853. The third-order valence-corrected chi connectivity index (χ3v) is 6.53. The molecule has 1 aliphatic heterocycles. The lowest BCUT2D eigenvalue weighted by molar-refractivity contribution is 0.102. The summed E-state index contributed by atoms with van der Waals surface area (Å²) in [6.45, 7) is 7.80. The number of aryl methyl sites for hydroxylation is 1. The number of fused-ring (bicyclic) bond motifs is 1. The van der Waals surface area contributed by atoms with Gasteiger partial charge in [-0.15, -0.1) is 0 Å². The molecular formula is C21H26N2O5S. The predicted octanol–water partition coefficient (Wildman–Crippen LogP) is 3.19. The second-order valence-electron chi connectivity index (χ2n) is 7.10. The van der Waals surface area contributed by atoms with Crippen LogP contribution in [-0.4, -0.2) is 34.1 Å². The van der Waals surface area contributed by atoms with Crippen molar-refractivity contribution in [3.05, 3.63) is 46.5 Å². The molecule has 0 bridgehead atoms. The summed E-state index contributed by atoms with van der Waals surface area (Å²) in [5, 5.41) is 2.84. The lowest BCUT2D eigenvalue weighted by Crippen LogP contribution is -2.21. The summed E-state index contributed by atoms with van der Waals surface area (Å²) in [5.74, 6) is 0.853. The molecule has 1 amide bonds. The van der Waals surface area contributed by atoms with E-state index in [4.69, 9.17) is 9.47 Å². The first kappa shape index (κ1) is 21.1. The summed E-state index contributed by atoms with van der Waals surface area (Å²) >= 11 is 0. The minimum absolute atomic E-state index is 0.0690. The number of nitrogens with one attached hydrogen (secondary N) is 2.